The number of benzene rings is 1. The molecular weight excluding hydrogens is 395 g/mol. The number of rotatable bonds is 5. The van der Waals surface area contributed by atoms with E-state index in [-0.39, 0.29) is 17.7 Å². The van der Waals surface area contributed by atoms with E-state index in [1.54, 1.807) is 0 Å². The van der Waals surface area contributed by atoms with Gasteiger partial charge >= 0.3 is 6.18 Å². The molecule has 3 rings (SSSR count). The number of hydrogen-bond acceptors (Lipinski definition) is 3. The Hall–Kier alpha value is -2.09. The van der Waals surface area contributed by atoms with Crippen LogP contribution in [0.4, 0.5) is 13.2 Å². The van der Waals surface area contributed by atoms with Crippen LogP contribution in [0.15, 0.2) is 24.3 Å². The maximum atomic E-state index is 13.2. The molecule has 1 aromatic carbocycles. The number of halogens is 3. The summed E-state index contributed by atoms with van der Waals surface area (Å²) < 4.78 is 38.2. The Labute approximate surface area is 175 Å². The van der Waals surface area contributed by atoms with Gasteiger partial charge in [0.15, 0.2) is 0 Å². The van der Waals surface area contributed by atoms with Crippen molar-refractivity contribution < 1.29 is 22.8 Å². The molecule has 2 amide bonds. The summed E-state index contributed by atoms with van der Waals surface area (Å²) in [7, 11) is 0. The zero-order chi connectivity index (χ0) is 21.7. The summed E-state index contributed by atoms with van der Waals surface area (Å²) in [5.74, 6) is 0.0142. The number of alkyl halides is 3. The highest BCUT2D eigenvalue weighted by molar-refractivity contribution is 5.87. The zero-order valence-electron chi connectivity index (χ0n) is 17.4. The van der Waals surface area contributed by atoms with Gasteiger partial charge in [-0.1, -0.05) is 25.0 Å². The summed E-state index contributed by atoms with van der Waals surface area (Å²) in [4.78, 5) is 28.8. The van der Waals surface area contributed by atoms with E-state index in [1.807, 2.05) is 4.90 Å². The van der Waals surface area contributed by atoms with Crippen LogP contribution < -0.4 is 5.32 Å². The standard InChI is InChI=1S/C22H30F3N3O2/c1-16(29)26-20(18-5-2-3-6-18)21(30)28-12-4-11-27(13-14-28)15-17-7-9-19(10-8-17)22(23,24)25/h7-10,18,20H,2-6,11-15H2,1H3,(H,26,29). The molecule has 1 atom stereocenters. The van der Waals surface area contributed by atoms with Gasteiger partial charge in [-0.05, 0) is 42.9 Å². The molecule has 5 nitrogen and oxygen atoms in total. The summed E-state index contributed by atoms with van der Waals surface area (Å²) in [6.07, 6.45) is 0.578. The van der Waals surface area contributed by atoms with Gasteiger partial charge in [0.1, 0.15) is 6.04 Å². The monoisotopic (exact) mass is 425 g/mol. The summed E-state index contributed by atoms with van der Waals surface area (Å²) in [6, 6.07) is 4.81. The van der Waals surface area contributed by atoms with Gasteiger partial charge < -0.3 is 10.2 Å². The fourth-order valence-electron chi connectivity index (χ4n) is 4.49. The SMILES string of the molecule is CC(=O)NC(C(=O)N1CCCN(Cc2ccc(C(F)(F)F)cc2)CC1)C1CCCC1. The Kier molecular flexibility index (Phi) is 7.39. The molecule has 0 radical (unpaired) electrons. The molecule has 2 aliphatic rings. The number of hydrogen-bond donors (Lipinski definition) is 1. The molecular formula is C22H30F3N3O2. The third-order valence-corrected chi connectivity index (χ3v) is 6.08. The van der Waals surface area contributed by atoms with Crippen LogP contribution >= 0.6 is 0 Å². The van der Waals surface area contributed by atoms with Crippen LogP contribution in [-0.2, 0) is 22.3 Å². The average molecular weight is 425 g/mol. The van der Waals surface area contributed by atoms with Gasteiger partial charge in [0.2, 0.25) is 11.8 Å². The Bertz CT molecular complexity index is 730. The minimum atomic E-state index is -4.33. The van der Waals surface area contributed by atoms with Gasteiger partial charge in [0.05, 0.1) is 5.56 Å². The van der Waals surface area contributed by atoms with E-state index in [9.17, 15) is 22.8 Å². The molecule has 1 heterocycles. The lowest BCUT2D eigenvalue weighted by Gasteiger charge is -2.30. The fraction of sp³-hybridized carbons (Fsp3) is 0.636. The Morgan fingerprint density at radius 2 is 1.70 bits per heavy atom. The van der Waals surface area contributed by atoms with Crippen molar-refractivity contribution in [3.63, 3.8) is 0 Å². The van der Waals surface area contributed by atoms with Crippen molar-refractivity contribution in [3.8, 4) is 0 Å². The minimum absolute atomic E-state index is 0.00604. The number of carbonyl (C=O) groups excluding carboxylic acids is 2. The molecule has 1 unspecified atom stereocenters. The van der Waals surface area contributed by atoms with E-state index in [0.29, 0.717) is 26.2 Å². The largest absolute Gasteiger partial charge is 0.416 e. The molecule has 0 aromatic heterocycles. The molecule has 30 heavy (non-hydrogen) atoms. The Morgan fingerprint density at radius 3 is 2.30 bits per heavy atom. The summed E-state index contributed by atoms with van der Waals surface area (Å²) in [5.41, 5.74) is 0.180. The van der Waals surface area contributed by atoms with E-state index in [4.69, 9.17) is 0 Å². The van der Waals surface area contributed by atoms with Crippen molar-refractivity contribution in [3.05, 3.63) is 35.4 Å². The Morgan fingerprint density at radius 1 is 1.03 bits per heavy atom. The predicted molar refractivity (Wildman–Crippen MR) is 107 cm³/mol. The second-order valence-electron chi connectivity index (χ2n) is 8.37. The van der Waals surface area contributed by atoms with E-state index in [1.165, 1.54) is 19.1 Å². The smallest absolute Gasteiger partial charge is 0.344 e. The highest BCUT2D eigenvalue weighted by Gasteiger charge is 2.34. The minimum Gasteiger partial charge on any atom is -0.344 e. The summed E-state index contributed by atoms with van der Waals surface area (Å²) in [5, 5.41) is 2.87. The molecule has 8 heteroatoms. The molecule has 1 saturated carbocycles. The maximum Gasteiger partial charge on any atom is 0.416 e. The van der Waals surface area contributed by atoms with E-state index >= 15 is 0 Å². The fourth-order valence-corrected chi connectivity index (χ4v) is 4.49. The lowest BCUT2D eigenvalue weighted by molar-refractivity contribution is -0.138. The van der Waals surface area contributed by atoms with Crippen molar-refractivity contribution in [1.29, 1.82) is 0 Å². The van der Waals surface area contributed by atoms with Crippen LogP contribution in [0, 0.1) is 5.92 Å². The van der Waals surface area contributed by atoms with Gasteiger partial charge in [-0.2, -0.15) is 13.2 Å². The third kappa shape index (κ3) is 5.97. The van der Waals surface area contributed by atoms with Crippen LogP contribution in [0.2, 0.25) is 0 Å². The number of nitrogens with zero attached hydrogens (tertiary/aromatic N) is 2. The Balaban J connectivity index is 1.58. The number of carbonyl (C=O) groups is 2. The van der Waals surface area contributed by atoms with Crippen LogP contribution in [0.25, 0.3) is 0 Å². The predicted octanol–water partition coefficient (Wildman–Crippen LogP) is 3.43. The quantitative estimate of drug-likeness (QED) is 0.787. The molecule has 1 aliphatic heterocycles. The van der Waals surface area contributed by atoms with Gasteiger partial charge in [0, 0.05) is 39.6 Å². The first kappa shape index (κ1) is 22.6. The van der Waals surface area contributed by atoms with Crippen LogP contribution in [0.5, 0.6) is 0 Å². The molecule has 1 N–H and O–H groups in total. The van der Waals surface area contributed by atoms with Gasteiger partial charge in [-0.15, -0.1) is 0 Å². The molecule has 0 spiro atoms. The van der Waals surface area contributed by atoms with Crippen LogP contribution in [0.1, 0.15) is 50.2 Å². The zero-order valence-corrected chi connectivity index (χ0v) is 17.4. The van der Waals surface area contributed by atoms with Gasteiger partial charge in [-0.3, -0.25) is 14.5 Å². The first-order chi connectivity index (χ1) is 14.2. The highest BCUT2D eigenvalue weighted by atomic mass is 19.4. The summed E-state index contributed by atoms with van der Waals surface area (Å²) in [6.45, 7) is 4.62. The first-order valence-electron chi connectivity index (χ1n) is 10.7. The van der Waals surface area contributed by atoms with Crippen molar-refractivity contribution in [2.24, 2.45) is 5.92 Å². The van der Waals surface area contributed by atoms with Gasteiger partial charge in [0.25, 0.3) is 0 Å². The molecule has 2 fully saturated rings. The molecule has 0 bridgehead atoms. The van der Waals surface area contributed by atoms with Crippen LogP contribution in [-0.4, -0.2) is 53.8 Å². The number of amides is 2. The lowest BCUT2D eigenvalue weighted by Crippen LogP contribution is -2.52. The van der Waals surface area contributed by atoms with E-state index in [2.05, 4.69) is 10.2 Å². The first-order valence-corrected chi connectivity index (χ1v) is 10.7. The average Bonchev–Trinajstić information content (AvgIpc) is 3.12. The topological polar surface area (TPSA) is 52.7 Å². The van der Waals surface area contributed by atoms with Crippen molar-refractivity contribution in [2.75, 3.05) is 26.2 Å². The van der Waals surface area contributed by atoms with Crippen molar-refractivity contribution >= 4 is 11.8 Å². The van der Waals surface area contributed by atoms with E-state index < -0.39 is 17.8 Å². The molecule has 1 aliphatic carbocycles. The second-order valence-corrected chi connectivity index (χ2v) is 8.37. The molecule has 166 valence electrons. The van der Waals surface area contributed by atoms with Crippen molar-refractivity contribution in [1.82, 2.24) is 15.1 Å². The molecule has 1 aromatic rings. The van der Waals surface area contributed by atoms with E-state index in [0.717, 1.165) is 56.3 Å². The van der Waals surface area contributed by atoms with Gasteiger partial charge in [-0.25, -0.2) is 0 Å². The normalized spacial score (nSPS) is 20.1. The highest BCUT2D eigenvalue weighted by Crippen LogP contribution is 2.30. The lowest BCUT2D eigenvalue weighted by atomic mass is 9.96. The second kappa shape index (κ2) is 9.81. The molecule has 1 saturated heterocycles. The maximum absolute atomic E-state index is 13.2. The van der Waals surface area contributed by atoms with Crippen LogP contribution in [0.3, 0.4) is 0 Å². The van der Waals surface area contributed by atoms with Crippen molar-refractivity contribution in [2.45, 2.75) is 57.8 Å². The number of nitrogens with one attached hydrogen (secondary N) is 1. The third-order valence-electron chi connectivity index (χ3n) is 6.08. The summed E-state index contributed by atoms with van der Waals surface area (Å²) >= 11 is 0.